The molecule has 1 unspecified atom stereocenters. The zero-order chi connectivity index (χ0) is 19.3. The number of halogens is 1. The van der Waals surface area contributed by atoms with E-state index in [4.69, 9.17) is 16.9 Å². The van der Waals surface area contributed by atoms with Crippen LogP contribution in [-0.4, -0.2) is 27.1 Å². The molecule has 1 atom stereocenters. The molecule has 0 aliphatic carbocycles. The SMILES string of the molecule is CC(NC(=O)CN(c1cccc(C#N)c1)S(C)(=O)=O)c1cccc(Cl)c1. The summed E-state index contributed by atoms with van der Waals surface area (Å²) in [4.78, 5) is 12.4. The van der Waals surface area contributed by atoms with Crippen LogP contribution < -0.4 is 9.62 Å². The quantitative estimate of drug-likeness (QED) is 0.819. The predicted molar refractivity (Wildman–Crippen MR) is 101 cm³/mol. The fourth-order valence-corrected chi connectivity index (χ4v) is 3.45. The molecule has 1 amide bonds. The molecule has 136 valence electrons. The summed E-state index contributed by atoms with van der Waals surface area (Å²) in [5.74, 6) is -0.467. The molecule has 0 saturated carbocycles. The Morgan fingerprint density at radius 3 is 2.58 bits per heavy atom. The minimum absolute atomic E-state index is 0.261. The highest BCUT2D eigenvalue weighted by molar-refractivity contribution is 7.92. The van der Waals surface area contributed by atoms with E-state index in [1.165, 1.54) is 12.1 Å². The van der Waals surface area contributed by atoms with E-state index < -0.39 is 22.5 Å². The van der Waals surface area contributed by atoms with Gasteiger partial charge in [-0.2, -0.15) is 5.26 Å². The van der Waals surface area contributed by atoms with Crippen molar-refractivity contribution in [1.82, 2.24) is 5.32 Å². The number of amides is 1. The lowest BCUT2D eigenvalue weighted by molar-refractivity contribution is -0.120. The van der Waals surface area contributed by atoms with Crippen LogP contribution in [0.4, 0.5) is 5.69 Å². The highest BCUT2D eigenvalue weighted by Gasteiger charge is 2.22. The third-order valence-corrected chi connectivity index (χ3v) is 5.05. The summed E-state index contributed by atoms with van der Waals surface area (Å²) in [6, 6.07) is 14.8. The Hall–Kier alpha value is -2.56. The number of rotatable bonds is 6. The maximum Gasteiger partial charge on any atom is 0.241 e. The summed E-state index contributed by atoms with van der Waals surface area (Å²) in [6.07, 6.45) is 1.01. The van der Waals surface area contributed by atoms with Crippen molar-refractivity contribution in [2.24, 2.45) is 0 Å². The monoisotopic (exact) mass is 391 g/mol. The molecule has 0 fully saturated rings. The maximum absolute atomic E-state index is 12.4. The van der Waals surface area contributed by atoms with Crippen LogP contribution >= 0.6 is 11.6 Å². The van der Waals surface area contributed by atoms with E-state index in [9.17, 15) is 13.2 Å². The molecule has 0 spiro atoms. The molecule has 2 aromatic carbocycles. The van der Waals surface area contributed by atoms with Crippen LogP contribution in [0.25, 0.3) is 0 Å². The molecule has 8 heteroatoms. The Kier molecular flexibility index (Phi) is 6.24. The van der Waals surface area contributed by atoms with E-state index >= 15 is 0 Å². The first kappa shape index (κ1) is 19.8. The lowest BCUT2D eigenvalue weighted by Gasteiger charge is -2.23. The van der Waals surface area contributed by atoms with E-state index in [0.29, 0.717) is 10.6 Å². The normalized spacial score (nSPS) is 12.1. The lowest BCUT2D eigenvalue weighted by Crippen LogP contribution is -2.41. The number of hydrogen-bond donors (Lipinski definition) is 1. The van der Waals surface area contributed by atoms with E-state index in [1.54, 1.807) is 37.3 Å². The van der Waals surface area contributed by atoms with Crippen molar-refractivity contribution in [3.05, 3.63) is 64.7 Å². The number of anilines is 1. The van der Waals surface area contributed by atoms with Crippen molar-refractivity contribution < 1.29 is 13.2 Å². The maximum atomic E-state index is 12.4. The third-order valence-electron chi connectivity index (χ3n) is 3.68. The van der Waals surface area contributed by atoms with Gasteiger partial charge in [0.2, 0.25) is 15.9 Å². The predicted octanol–water partition coefficient (Wildman–Crippen LogP) is 2.86. The molecule has 0 radical (unpaired) electrons. The van der Waals surface area contributed by atoms with Crippen LogP contribution in [-0.2, 0) is 14.8 Å². The highest BCUT2D eigenvalue weighted by atomic mass is 35.5. The second-order valence-corrected chi connectivity index (χ2v) is 8.12. The van der Waals surface area contributed by atoms with Gasteiger partial charge in [0, 0.05) is 5.02 Å². The Bertz CT molecular complexity index is 954. The molecule has 0 aliphatic rings. The number of carbonyl (C=O) groups is 1. The summed E-state index contributed by atoms with van der Waals surface area (Å²) in [5, 5.41) is 12.3. The first-order valence-electron chi connectivity index (χ1n) is 7.73. The van der Waals surface area contributed by atoms with Crippen molar-refractivity contribution >= 4 is 33.2 Å². The zero-order valence-corrected chi connectivity index (χ0v) is 15.9. The first-order valence-corrected chi connectivity index (χ1v) is 9.96. The van der Waals surface area contributed by atoms with Crippen LogP contribution in [0.15, 0.2) is 48.5 Å². The second kappa shape index (κ2) is 8.21. The summed E-state index contributed by atoms with van der Waals surface area (Å²) in [5.41, 5.74) is 1.38. The molecular weight excluding hydrogens is 374 g/mol. The molecule has 1 N–H and O–H groups in total. The van der Waals surface area contributed by atoms with Crippen molar-refractivity contribution in [3.63, 3.8) is 0 Å². The fraction of sp³-hybridized carbons (Fsp3) is 0.222. The van der Waals surface area contributed by atoms with Crippen molar-refractivity contribution in [2.75, 3.05) is 17.1 Å². The van der Waals surface area contributed by atoms with E-state index in [-0.39, 0.29) is 11.7 Å². The average molecular weight is 392 g/mol. The summed E-state index contributed by atoms with van der Waals surface area (Å²) < 4.78 is 25.2. The highest BCUT2D eigenvalue weighted by Crippen LogP contribution is 2.20. The van der Waals surface area contributed by atoms with Gasteiger partial charge in [0.05, 0.1) is 29.6 Å². The van der Waals surface area contributed by atoms with E-state index in [0.717, 1.165) is 16.1 Å². The molecule has 2 aromatic rings. The lowest BCUT2D eigenvalue weighted by atomic mass is 10.1. The second-order valence-electron chi connectivity index (χ2n) is 5.78. The standard InChI is InChI=1S/C18H18ClN3O3S/c1-13(15-6-4-7-16(19)10-15)21-18(23)12-22(26(2,24)25)17-8-3-5-14(9-17)11-20/h3-10,13H,12H2,1-2H3,(H,21,23). The van der Waals surface area contributed by atoms with Crippen LogP contribution in [0, 0.1) is 11.3 Å². The van der Waals surface area contributed by atoms with Crippen molar-refractivity contribution in [3.8, 4) is 6.07 Å². The smallest absolute Gasteiger partial charge is 0.241 e. The summed E-state index contributed by atoms with van der Waals surface area (Å²) >= 11 is 5.95. The van der Waals surface area contributed by atoms with Gasteiger partial charge in [-0.3, -0.25) is 9.10 Å². The summed E-state index contributed by atoms with van der Waals surface area (Å²) in [7, 11) is -3.70. The van der Waals surface area contributed by atoms with Gasteiger partial charge in [-0.15, -0.1) is 0 Å². The number of hydrogen-bond acceptors (Lipinski definition) is 4. The van der Waals surface area contributed by atoms with Crippen LogP contribution in [0.5, 0.6) is 0 Å². The number of nitrogens with one attached hydrogen (secondary N) is 1. The Labute approximate surface area is 158 Å². The minimum atomic E-state index is -3.70. The number of nitrogens with zero attached hydrogens (tertiary/aromatic N) is 2. The number of nitriles is 1. The van der Waals surface area contributed by atoms with Gasteiger partial charge in [0.25, 0.3) is 0 Å². The van der Waals surface area contributed by atoms with Gasteiger partial charge >= 0.3 is 0 Å². The number of carbonyl (C=O) groups excluding carboxylic acids is 1. The molecule has 0 aliphatic heterocycles. The average Bonchev–Trinajstić information content (AvgIpc) is 2.58. The first-order chi connectivity index (χ1) is 12.2. The molecular formula is C18H18ClN3O3S. The van der Waals surface area contributed by atoms with Crippen molar-refractivity contribution in [2.45, 2.75) is 13.0 Å². The topological polar surface area (TPSA) is 90.3 Å². The van der Waals surface area contributed by atoms with Gasteiger partial charge in [-0.25, -0.2) is 8.42 Å². The molecule has 0 aromatic heterocycles. The Morgan fingerprint density at radius 1 is 1.27 bits per heavy atom. The van der Waals surface area contributed by atoms with Gasteiger partial charge in [-0.1, -0.05) is 29.8 Å². The number of sulfonamides is 1. The minimum Gasteiger partial charge on any atom is -0.348 e. The zero-order valence-electron chi connectivity index (χ0n) is 14.3. The van der Waals surface area contributed by atoms with Crippen LogP contribution in [0.3, 0.4) is 0 Å². The van der Waals surface area contributed by atoms with Gasteiger partial charge in [0.1, 0.15) is 6.54 Å². The molecule has 2 rings (SSSR count). The molecule has 0 saturated heterocycles. The van der Waals surface area contributed by atoms with E-state index in [1.807, 2.05) is 12.1 Å². The largest absolute Gasteiger partial charge is 0.348 e. The van der Waals surface area contributed by atoms with Crippen molar-refractivity contribution in [1.29, 1.82) is 5.26 Å². The van der Waals surface area contributed by atoms with Gasteiger partial charge in [0.15, 0.2) is 0 Å². The molecule has 0 heterocycles. The van der Waals surface area contributed by atoms with Crippen LogP contribution in [0.1, 0.15) is 24.1 Å². The third kappa shape index (κ3) is 5.22. The van der Waals surface area contributed by atoms with Crippen LogP contribution in [0.2, 0.25) is 5.02 Å². The van der Waals surface area contributed by atoms with E-state index in [2.05, 4.69) is 5.32 Å². The molecule has 6 nitrogen and oxygen atoms in total. The summed E-state index contributed by atoms with van der Waals surface area (Å²) in [6.45, 7) is 1.39. The molecule has 26 heavy (non-hydrogen) atoms. The Balaban J connectivity index is 2.18. The van der Waals surface area contributed by atoms with Gasteiger partial charge < -0.3 is 5.32 Å². The number of benzene rings is 2. The van der Waals surface area contributed by atoms with Gasteiger partial charge in [-0.05, 0) is 42.8 Å². The fourth-order valence-electron chi connectivity index (χ4n) is 2.41. The molecule has 0 bridgehead atoms. The Morgan fingerprint density at radius 2 is 1.96 bits per heavy atom.